The Kier molecular flexibility index (Phi) is 12.4. The average Bonchev–Trinajstić information content (AvgIpc) is 3.01. The maximum atomic E-state index is 12.7. The van der Waals surface area contributed by atoms with Gasteiger partial charge >= 0.3 is 0 Å². The van der Waals surface area contributed by atoms with Crippen LogP contribution in [0.3, 0.4) is 0 Å². The Morgan fingerprint density at radius 1 is 0.681 bits per heavy atom. The number of nitrogens with zero attached hydrogens (tertiary/aromatic N) is 4. The molecule has 0 saturated carbocycles. The van der Waals surface area contributed by atoms with Crippen LogP contribution in [0.25, 0.3) is 21.5 Å². The molecule has 8 nitrogen and oxygen atoms in total. The molecule has 248 valence electrons. The molecular formula is C29H19Cl9N4O4S. The lowest BCUT2D eigenvalue weighted by Gasteiger charge is -2.17. The molecular weight excluding hydrogens is 819 g/mol. The van der Waals surface area contributed by atoms with E-state index < -0.39 is 27.4 Å². The van der Waals surface area contributed by atoms with E-state index in [1.807, 2.05) is 30.3 Å². The molecule has 0 aliphatic heterocycles. The number of alkyl halides is 9. The maximum absolute atomic E-state index is 12.7. The van der Waals surface area contributed by atoms with Crippen molar-refractivity contribution in [3.63, 3.8) is 0 Å². The highest BCUT2D eigenvalue weighted by molar-refractivity contribution is 7.80. The molecule has 0 aliphatic rings. The first kappa shape index (κ1) is 38.3. The summed E-state index contributed by atoms with van der Waals surface area (Å²) in [5.41, 5.74) is 3.09. The standard InChI is InChI=1S/C23H19NO4S.C6Cl9N3/c1-15-20-5-3-4-6-21(20)16(2)23-13-19(11-12-22(15)23)29(27)28-14-17-7-9-18(10-8-17)24(25)26;7-4(8,9)1-16-2(5(10,11)12)18-3(17-1)6(13,14)15/h3-13H,14H2,1-2H3;. The zero-order valence-electron chi connectivity index (χ0n) is 23.8. The van der Waals surface area contributed by atoms with Crippen LogP contribution in [0.1, 0.15) is 34.2 Å². The molecule has 1 aromatic heterocycles. The van der Waals surface area contributed by atoms with Crippen molar-refractivity contribution in [1.29, 1.82) is 0 Å². The van der Waals surface area contributed by atoms with Gasteiger partial charge in [-0.2, -0.15) is 0 Å². The Balaban J connectivity index is 0.000000240. The van der Waals surface area contributed by atoms with Gasteiger partial charge in [0.15, 0.2) is 28.6 Å². The number of aromatic nitrogens is 3. The van der Waals surface area contributed by atoms with Crippen LogP contribution in [0, 0.1) is 24.0 Å². The normalized spacial score (nSPS) is 12.9. The number of non-ortho nitro benzene ring substituents is 1. The Hall–Kier alpha value is -1.47. The minimum absolute atomic E-state index is 0.0162. The van der Waals surface area contributed by atoms with Gasteiger partial charge in [0.05, 0.1) is 16.4 Å². The van der Waals surface area contributed by atoms with Crippen molar-refractivity contribution in [1.82, 2.24) is 15.0 Å². The van der Waals surface area contributed by atoms with Crippen molar-refractivity contribution in [2.75, 3.05) is 0 Å². The molecule has 0 radical (unpaired) electrons. The van der Waals surface area contributed by atoms with Gasteiger partial charge in [-0.05, 0) is 76.3 Å². The molecule has 0 amide bonds. The molecule has 47 heavy (non-hydrogen) atoms. The minimum Gasteiger partial charge on any atom is -0.282 e. The SMILES string of the molecule is Cc1c2ccccc2c(C)c2cc(S(=O)OCc3ccc([N+](=O)[O-])cc3)ccc12.ClC(Cl)(Cl)c1nc(C(Cl)(Cl)Cl)nc(C(Cl)(Cl)Cl)n1. The van der Waals surface area contributed by atoms with E-state index in [9.17, 15) is 14.3 Å². The van der Waals surface area contributed by atoms with Crippen LogP contribution >= 0.6 is 104 Å². The lowest BCUT2D eigenvalue weighted by molar-refractivity contribution is -0.384. The van der Waals surface area contributed by atoms with Crippen LogP contribution in [0.5, 0.6) is 0 Å². The number of hydrogen-bond donors (Lipinski definition) is 0. The van der Waals surface area contributed by atoms with Crippen LogP contribution in [-0.4, -0.2) is 24.1 Å². The fourth-order valence-corrected chi connectivity index (χ4v) is 5.88. The third-order valence-electron chi connectivity index (χ3n) is 6.60. The number of nitro groups is 1. The summed E-state index contributed by atoms with van der Waals surface area (Å²) < 4.78 is 12.2. The highest BCUT2D eigenvalue weighted by Crippen LogP contribution is 2.43. The number of benzene rings is 4. The zero-order valence-corrected chi connectivity index (χ0v) is 31.4. The van der Waals surface area contributed by atoms with Gasteiger partial charge in [-0.3, -0.25) is 14.3 Å². The van der Waals surface area contributed by atoms with Gasteiger partial charge in [0, 0.05) is 12.1 Å². The fourth-order valence-electron chi connectivity index (χ4n) is 4.35. The van der Waals surface area contributed by atoms with Gasteiger partial charge in [-0.1, -0.05) is 135 Å². The minimum atomic E-state index is -1.99. The Labute approximate surface area is 316 Å². The molecule has 0 N–H and O–H groups in total. The van der Waals surface area contributed by atoms with E-state index in [4.69, 9.17) is 109 Å². The van der Waals surface area contributed by atoms with Gasteiger partial charge in [-0.15, -0.1) is 0 Å². The summed E-state index contributed by atoms with van der Waals surface area (Å²) in [6, 6.07) is 20.1. The third-order valence-corrected chi connectivity index (χ3v) is 9.09. The molecule has 1 heterocycles. The summed E-state index contributed by atoms with van der Waals surface area (Å²) in [4.78, 5) is 22.0. The van der Waals surface area contributed by atoms with Crippen LogP contribution in [-0.2, 0) is 33.2 Å². The molecule has 0 saturated heterocycles. The quantitative estimate of drug-likeness (QED) is 0.0750. The number of aryl methyl sites for hydroxylation is 2. The topological polar surface area (TPSA) is 108 Å². The van der Waals surface area contributed by atoms with E-state index >= 15 is 0 Å². The highest BCUT2D eigenvalue weighted by Gasteiger charge is 2.37. The number of hydrogen-bond acceptors (Lipinski definition) is 7. The predicted molar refractivity (Wildman–Crippen MR) is 193 cm³/mol. The highest BCUT2D eigenvalue weighted by atomic mass is 35.6. The van der Waals surface area contributed by atoms with Crippen molar-refractivity contribution >= 4 is 143 Å². The number of nitro benzene ring substituents is 1. The van der Waals surface area contributed by atoms with E-state index in [-0.39, 0.29) is 29.8 Å². The lowest BCUT2D eigenvalue weighted by Crippen LogP contribution is -2.21. The van der Waals surface area contributed by atoms with Crippen molar-refractivity contribution in [2.45, 2.75) is 36.7 Å². The van der Waals surface area contributed by atoms with Gasteiger partial charge in [0.2, 0.25) is 11.4 Å². The molecule has 5 rings (SSSR count). The summed E-state index contributed by atoms with van der Waals surface area (Å²) in [6.45, 7) is 4.29. The summed E-state index contributed by atoms with van der Waals surface area (Å²) in [5.74, 6) is -0.986. The van der Waals surface area contributed by atoms with Gasteiger partial charge in [-0.25, -0.2) is 19.2 Å². The molecule has 1 unspecified atom stereocenters. The van der Waals surface area contributed by atoms with Crippen LogP contribution in [0.15, 0.2) is 71.6 Å². The van der Waals surface area contributed by atoms with Gasteiger partial charge < -0.3 is 0 Å². The van der Waals surface area contributed by atoms with Crippen LogP contribution in [0.4, 0.5) is 5.69 Å². The van der Waals surface area contributed by atoms with E-state index in [1.54, 1.807) is 12.1 Å². The first-order valence-corrected chi connectivity index (χ1v) is 17.4. The van der Waals surface area contributed by atoms with E-state index in [1.165, 1.54) is 28.5 Å². The summed E-state index contributed by atoms with van der Waals surface area (Å²) >= 11 is 49.0. The van der Waals surface area contributed by atoms with Crippen molar-refractivity contribution < 1.29 is 13.3 Å². The fraction of sp³-hybridized carbons (Fsp3) is 0.207. The number of halogens is 9. The van der Waals surface area contributed by atoms with E-state index in [2.05, 4.69) is 40.9 Å². The maximum Gasteiger partial charge on any atom is 0.269 e. The summed E-state index contributed by atoms with van der Waals surface area (Å²) in [7, 11) is 0. The largest absolute Gasteiger partial charge is 0.282 e. The van der Waals surface area contributed by atoms with Crippen LogP contribution in [0.2, 0.25) is 0 Å². The van der Waals surface area contributed by atoms with Crippen molar-refractivity contribution in [2.24, 2.45) is 0 Å². The third kappa shape index (κ3) is 9.61. The van der Waals surface area contributed by atoms with Crippen molar-refractivity contribution in [3.8, 4) is 0 Å². The van der Waals surface area contributed by atoms with Gasteiger partial charge in [0.25, 0.3) is 5.69 Å². The number of rotatable bonds is 5. The first-order chi connectivity index (χ1) is 21.8. The second kappa shape index (κ2) is 15.2. The Morgan fingerprint density at radius 3 is 1.53 bits per heavy atom. The summed E-state index contributed by atoms with van der Waals surface area (Å²) in [5, 5.41) is 15.3. The number of fused-ring (bicyclic) bond motifs is 2. The monoisotopic (exact) mass is 834 g/mol. The molecule has 18 heteroatoms. The zero-order chi connectivity index (χ0) is 34.9. The predicted octanol–water partition coefficient (Wildman–Crippen LogP) is 11.1. The molecule has 5 aromatic rings. The van der Waals surface area contributed by atoms with E-state index in [0.717, 1.165) is 21.9 Å². The second-order valence-electron chi connectivity index (χ2n) is 9.72. The average molecular weight is 839 g/mol. The summed E-state index contributed by atoms with van der Waals surface area (Å²) in [6.07, 6.45) is 0. The lowest BCUT2D eigenvalue weighted by atomic mass is 9.93. The molecule has 0 bridgehead atoms. The van der Waals surface area contributed by atoms with Gasteiger partial charge in [0.1, 0.15) is 0 Å². The van der Waals surface area contributed by atoms with E-state index in [0.29, 0.717) is 4.90 Å². The molecule has 0 fully saturated rings. The Bertz CT molecular complexity index is 1900. The molecule has 0 spiro atoms. The second-order valence-corrected chi connectivity index (χ2v) is 17.7. The van der Waals surface area contributed by atoms with Crippen LogP contribution < -0.4 is 0 Å². The molecule has 0 aliphatic carbocycles. The molecule has 4 aromatic carbocycles. The molecule has 1 atom stereocenters. The first-order valence-electron chi connectivity index (χ1n) is 12.9. The Morgan fingerprint density at radius 2 is 1.11 bits per heavy atom. The smallest absolute Gasteiger partial charge is 0.269 e. The van der Waals surface area contributed by atoms with Crippen molar-refractivity contribution in [3.05, 3.63) is 111 Å².